The molecule has 0 aromatic heterocycles. The molecule has 0 amide bonds. The van der Waals surface area contributed by atoms with Gasteiger partial charge in [-0.3, -0.25) is 4.99 Å². The largest absolute Gasteiger partial charge is 0.480 e. The third kappa shape index (κ3) is 2.22. The van der Waals surface area contributed by atoms with Crippen LogP contribution in [0, 0.1) is 5.82 Å². The molecule has 5 heteroatoms. The van der Waals surface area contributed by atoms with Crippen LogP contribution in [0.25, 0.3) is 0 Å². The van der Waals surface area contributed by atoms with E-state index in [1.807, 2.05) is 0 Å². The van der Waals surface area contributed by atoms with Crippen molar-refractivity contribution in [3.8, 4) is 0 Å². The number of benzene rings is 1. The van der Waals surface area contributed by atoms with Crippen LogP contribution in [-0.2, 0) is 4.79 Å². The molecule has 3 nitrogen and oxygen atoms in total. The Labute approximate surface area is 96.6 Å². The van der Waals surface area contributed by atoms with Crippen molar-refractivity contribution in [2.75, 3.05) is 0 Å². The highest BCUT2D eigenvalue weighted by atomic mass is 35.5. The van der Waals surface area contributed by atoms with Gasteiger partial charge in [-0.25, -0.2) is 9.18 Å². The zero-order chi connectivity index (χ0) is 11.7. The standard InChI is InChI=1S/C11H9ClFNO2/c12-7-3-6(4-8(13)5-7)9-1-2-10(14-9)11(15)16/h3-5,10H,1-2H2,(H,15,16)/t10-/m1/s1. The predicted molar refractivity (Wildman–Crippen MR) is 58.6 cm³/mol. The number of aliphatic carboxylic acids is 1. The van der Waals surface area contributed by atoms with Crippen molar-refractivity contribution in [3.63, 3.8) is 0 Å². The lowest BCUT2D eigenvalue weighted by atomic mass is 10.1. The van der Waals surface area contributed by atoms with Crippen molar-refractivity contribution < 1.29 is 14.3 Å². The zero-order valence-corrected chi connectivity index (χ0v) is 9.04. The second-order valence-electron chi connectivity index (χ2n) is 3.63. The van der Waals surface area contributed by atoms with E-state index >= 15 is 0 Å². The van der Waals surface area contributed by atoms with E-state index in [9.17, 15) is 9.18 Å². The third-order valence-corrected chi connectivity index (χ3v) is 2.67. The summed E-state index contributed by atoms with van der Waals surface area (Å²) in [5, 5.41) is 9.07. The fraction of sp³-hybridized carbons (Fsp3) is 0.273. The van der Waals surface area contributed by atoms with Gasteiger partial charge in [0.2, 0.25) is 0 Å². The SMILES string of the molecule is O=C(O)[C@H]1CCC(c2cc(F)cc(Cl)c2)=N1. The van der Waals surface area contributed by atoms with Crippen LogP contribution in [0.15, 0.2) is 23.2 Å². The molecule has 1 aromatic carbocycles. The number of rotatable bonds is 2. The van der Waals surface area contributed by atoms with Gasteiger partial charge in [-0.2, -0.15) is 0 Å². The van der Waals surface area contributed by atoms with Gasteiger partial charge in [0, 0.05) is 10.7 Å². The number of aliphatic imine (C=N–C) groups is 1. The maximum absolute atomic E-state index is 13.1. The number of nitrogens with zero attached hydrogens (tertiary/aromatic N) is 1. The second-order valence-corrected chi connectivity index (χ2v) is 4.06. The molecule has 0 aliphatic carbocycles. The molecule has 2 rings (SSSR count). The summed E-state index contributed by atoms with van der Waals surface area (Å²) in [5.74, 6) is -1.39. The van der Waals surface area contributed by atoms with Crippen LogP contribution < -0.4 is 0 Å². The lowest BCUT2D eigenvalue weighted by molar-refractivity contribution is -0.138. The van der Waals surface area contributed by atoms with Crippen molar-refractivity contribution in [3.05, 3.63) is 34.6 Å². The summed E-state index contributed by atoms with van der Waals surface area (Å²) in [6.07, 6.45) is 0.996. The maximum Gasteiger partial charge on any atom is 0.328 e. The Balaban J connectivity index is 2.32. The quantitative estimate of drug-likeness (QED) is 0.865. The molecule has 0 radical (unpaired) electrons. The lowest BCUT2D eigenvalue weighted by Crippen LogP contribution is -2.13. The first-order chi connectivity index (χ1) is 7.56. The number of hydrogen-bond donors (Lipinski definition) is 1. The fourth-order valence-corrected chi connectivity index (χ4v) is 1.93. The first-order valence-electron chi connectivity index (χ1n) is 4.82. The van der Waals surface area contributed by atoms with Gasteiger partial charge in [0.1, 0.15) is 11.9 Å². The second kappa shape index (κ2) is 4.22. The van der Waals surface area contributed by atoms with Gasteiger partial charge in [0.05, 0.1) is 0 Å². The topological polar surface area (TPSA) is 49.7 Å². The molecule has 0 fully saturated rings. The van der Waals surface area contributed by atoms with Crippen LogP contribution in [0.5, 0.6) is 0 Å². The summed E-state index contributed by atoms with van der Waals surface area (Å²) in [6, 6.07) is 3.40. The molecular formula is C11H9ClFNO2. The van der Waals surface area contributed by atoms with E-state index in [0.717, 1.165) is 0 Å². The summed E-state index contributed by atoms with van der Waals surface area (Å²) in [5.41, 5.74) is 1.17. The molecule has 84 valence electrons. The Hall–Kier alpha value is -1.42. The molecule has 0 saturated heterocycles. The van der Waals surface area contributed by atoms with Gasteiger partial charge in [0.25, 0.3) is 0 Å². The highest BCUT2D eigenvalue weighted by Crippen LogP contribution is 2.22. The molecule has 0 saturated carbocycles. The molecule has 1 aliphatic rings. The Kier molecular flexibility index (Phi) is 2.92. The van der Waals surface area contributed by atoms with Crippen molar-refractivity contribution >= 4 is 23.3 Å². The molecule has 0 unspecified atom stereocenters. The van der Waals surface area contributed by atoms with Crippen molar-refractivity contribution in [1.29, 1.82) is 0 Å². The lowest BCUT2D eigenvalue weighted by Gasteiger charge is -2.01. The van der Waals surface area contributed by atoms with Crippen LogP contribution in [0.2, 0.25) is 5.02 Å². The summed E-state index contributed by atoms with van der Waals surface area (Å²) in [7, 11) is 0. The van der Waals surface area contributed by atoms with E-state index in [-0.39, 0.29) is 5.02 Å². The number of halogens is 2. The molecule has 1 atom stereocenters. The van der Waals surface area contributed by atoms with E-state index in [1.165, 1.54) is 12.1 Å². The molecule has 1 N–H and O–H groups in total. The van der Waals surface area contributed by atoms with Crippen LogP contribution >= 0.6 is 11.6 Å². The normalized spacial score (nSPS) is 19.6. The zero-order valence-electron chi connectivity index (χ0n) is 8.28. The van der Waals surface area contributed by atoms with Crippen molar-refractivity contribution in [2.24, 2.45) is 4.99 Å². The smallest absolute Gasteiger partial charge is 0.328 e. The molecule has 1 aromatic rings. The summed E-state index contributed by atoms with van der Waals surface area (Å²) in [4.78, 5) is 14.7. The van der Waals surface area contributed by atoms with Gasteiger partial charge in [0.15, 0.2) is 0 Å². The summed E-state index contributed by atoms with van der Waals surface area (Å²) < 4.78 is 13.1. The van der Waals surface area contributed by atoms with Crippen LogP contribution in [0.1, 0.15) is 18.4 Å². The van der Waals surface area contributed by atoms with Gasteiger partial charge in [-0.05, 0) is 36.6 Å². The first-order valence-corrected chi connectivity index (χ1v) is 5.20. The highest BCUT2D eigenvalue weighted by molar-refractivity contribution is 6.31. The fourth-order valence-electron chi connectivity index (χ4n) is 1.71. The summed E-state index contributed by atoms with van der Waals surface area (Å²) in [6.45, 7) is 0. The Bertz CT molecular complexity index is 453. The van der Waals surface area contributed by atoms with E-state index in [0.29, 0.717) is 24.1 Å². The molecule has 0 bridgehead atoms. The Morgan fingerprint density at radius 1 is 1.50 bits per heavy atom. The molecular weight excluding hydrogens is 233 g/mol. The molecule has 16 heavy (non-hydrogen) atoms. The number of carboxylic acids is 1. The average Bonchev–Trinajstić information content (AvgIpc) is 2.64. The van der Waals surface area contributed by atoms with Crippen LogP contribution in [-0.4, -0.2) is 22.8 Å². The van der Waals surface area contributed by atoms with Gasteiger partial charge >= 0.3 is 5.97 Å². The van der Waals surface area contributed by atoms with E-state index < -0.39 is 17.8 Å². The maximum atomic E-state index is 13.1. The van der Waals surface area contributed by atoms with Crippen molar-refractivity contribution in [2.45, 2.75) is 18.9 Å². The minimum atomic E-state index is -0.947. The van der Waals surface area contributed by atoms with Gasteiger partial charge < -0.3 is 5.11 Å². The molecule has 1 heterocycles. The van der Waals surface area contributed by atoms with E-state index in [4.69, 9.17) is 16.7 Å². The van der Waals surface area contributed by atoms with E-state index in [1.54, 1.807) is 6.07 Å². The predicted octanol–water partition coefficient (Wildman–Crippen LogP) is 2.52. The van der Waals surface area contributed by atoms with Crippen LogP contribution in [0.3, 0.4) is 0 Å². The van der Waals surface area contributed by atoms with E-state index in [2.05, 4.69) is 4.99 Å². The Morgan fingerprint density at radius 2 is 2.25 bits per heavy atom. The first kappa shape index (κ1) is 11.1. The number of carbonyl (C=O) groups is 1. The highest BCUT2D eigenvalue weighted by Gasteiger charge is 2.24. The monoisotopic (exact) mass is 241 g/mol. The number of carboxylic acid groups (broad SMARTS) is 1. The summed E-state index contributed by atoms with van der Waals surface area (Å²) >= 11 is 5.72. The minimum absolute atomic E-state index is 0.288. The minimum Gasteiger partial charge on any atom is -0.480 e. The molecule has 0 spiro atoms. The molecule has 1 aliphatic heterocycles. The van der Waals surface area contributed by atoms with Crippen LogP contribution in [0.4, 0.5) is 4.39 Å². The van der Waals surface area contributed by atoms with Crippen molar-refractivity contribution in [1.82, 2.24) is 0 Å². The van der Waals surface area contributed by atoms with Gasteiger partial charge in [-0.1, -0.05) is 11.6 Å². The third-order valence-electron chi connectivity index (χ3n) is 2.45. The average molecular weight is 242 g/mol. The number of hydrogen-bond acceptors (Lipinski definition) is 2. The van der Waals surface area contributed by atoms with Gasteiger partial charge in [-0.15, -0.1) is 0 Å². The Morgan fingerprint density at radius 3 is 2.81 bits per heavy atom.